The van der Waals surface area contributed by atoms with Crippen molar-refractivity contribution in [1.29, 1.82) is 0 Å². The number of methoxy groups -OCH3 is 1. The summed E-state index contributed by atoms with van der Waals surface area (Å²) in [7, 11) is -2.32. The Labute approximate surface area is 121 Å². The molecule has 1 unspecified atom stereocenters. The molecule has 108 valence electrons. The molecule has 1 heterocycles. The maximum absolute atomic E-state index is 12.0. The molecule has 0 fully saturated rings. The number of nitrogens with zero attached hydrogens (tertiary/aromatic N) is 1. The largest absolute Gasteiger partial charge is 0.395 e. The van der Waals surface area contributed by atoms with Crippen LogP contribution in [0.4, 0.5) is 0 Å². The molecule has 0 aromatic carbocycles. The highest BCUT2D eigenvalue weighted by molar-refractivity contribution is 7.89. The van der Waals surface area contributed by atoms with Crippen molar-refractivity contribution in [2.75, 3.05) is 20.3 Å². The Morgan fingerprint density at radius 2 is 2.21 bits per heavy atom. The first-order chi connectivity index (χ1) is 8.90. The van der Waals surface area contributed by atoms with Crippen LogP contribution in [0.3, 0.4) is 0 Å². The average molecular weight is 329 g/mol. The van der Waals surface area contributed by atoms with E-state index in [0.29, 0.717) is 13.0 Å². The molecule has 0 radical (unpaired) electrons. The Morgan fingerprint density at radius 1 is 1.53 bits per heavy atom. The number of aliphatic hydroxyl groups is 1. The number of nitrogens with one attached hydrogen (secondary N) is 1. The molecule has 0 aliphatic carbocycles. The van der Waals surface area contributed by atoms with Gasteiger partial charge in [-0.25, -0.2) is 18.1 Å². The van der Waals surface area contributed by atoms with Gasteiger partial charge >= 0.3 is 0 Å². The van der Waals surface area contributed by atoms with E-state index in [4.69, 9.17) is 33.0 Å². The molecule has 1 rings (SSSR count). The molecule has 0 saturated heterocycles. The predicted octanol–water partition coefficient (Wildman–Crippen LogP) is 1.06. The number of aromatic nitrogens is 1. The van der Waals surface area contributed by atoms with Gasteiger partial charge < -0.3 is 9.84 Å². The quantitative estimate of drug-likeness (QED) is 0.731. The normalized spacial score (nSPS) is 13.5. The van der Waals surface area contributed by atoms with Gasteiger partial charge in [0, 0.05) is 26.0 Å². The van der Waals surface area contributed by atoms with E-state index in [1.54, 1.807) is 0 Å². The molecule has 0 aliphatic heterocycles. The average Bonchev–Trinajstić information content (AvgIpc) is 2.37. The zero-order valence-corrected chi connectivity index (χ0v) is 12.5. The lowest BCUT2D eigenvalue weighted by molar-refractivity contribution is 0.166. The summed E-state index contributed by atoms with van der Waals surface area (Å²) in [6.45, 7) is -0.00922. The zero-order chi connectivity index (χ0) is 14.5. The monoisotopic (exact) mass is 328 g/mol. The molecule has 1 aromatic rings. The van der Waals surface area contributed by atoms with Crippen molar-refractivity contribution in [1.82, 2.24) is 9.71 Å². The summed E-state index contributed by atoms with van der Waals surface area (Å²) in [5, 5.41) is 9.19. The van der Waals surface area contributed by atoms with Gasteiger partial charge in [0.25, 0.3) is 0 Å². The van der Waals surface area contributed by atoms with E-state index >= 15 is 0 Å². The number of hydrogen-bond donors (Lipinski definition) is 2. The minimum Gasteiger partial charge on any atom is -0.395 e. The standard InChI is InChI=1S/C10H14Cl2N2O4S/c1-18-3-2-7(6-15)14-19(16,17)8-4-9(11)10(12)13-5-8/h4-5,7,14-15H,2-3,6H2,1H3. The van der Waals surface area contributed by atoms with Gasteiger partial charge in [0.2, 0.25) is 10.0 Å². The molecule has 0 spiro atoms. The van der Waals surface area contributed by atoms with E-state index in [0.717, 1.165) is 6.20 Å². The van der Waals surface area contributed by atoms with Crippen LogP contribution in [-0.4, -0.2) is 44.9 Å². The molecule has 0 amide bonds. The van der Waals surface area contributed by atoms with Crippen molar-refractivity contribution in [2.24, 2.45) is 0 Å². The number of sulfonamides is 1. The van der Waals surface area contributed by atoms with Crippen LogP contribution >= 0.6 is 23.2 Å². The summed E-state index contributed by atoms with van der Waals surface area (Å²) in [5.74, 6) is 0. The van der Waals surface area contributed by atoms with Gasteiger partial charge in [0.15, 0.2) is 0 Å². The van der Waals surface area contributed by atoms with Gasteiger partial charge in [-0.05, 0) is 12.5 Å². The van der Waals surface area contributed by atoms with Gasteiger partial charge in [-0.1, -0.05) is 23.2 Å². The molecule has 19 heavy (non-hydrogen) atoms. The Morgan fingerprint density at radius 3 is 2.74 bits per heavy atom. The van der Waals surface area contributed by atoms with E-state index in [1.807, 2.05) is 0 Å². The molecule has 9 heteroatoms. The van der Waals surface area contributed by atoms with Crippen molar-refractivity contribution in [3.8, 4) is 0 Å². The number of halogens is 2. The van der Waals surface area contributed by atoms with Gasteiger partial charge in [-0.15, -0.1) is 0 Å². The maximum Gasteiger partial charge on any atom is 0.242 e. The molecule has 0 bridgehead atoms. The Kier molecular flexibility index (Phi) is 6.45. The first kappa shape index (κ1) is 16.6. The lowest BCUT2D eigenvalue weighted by Gasteiger charge is -2.16. The summed E-state index contributed by atoms with van der Waals surface area (Å²) in [5.41, 5.74) is 0. The number of aliphatic hydroxyl groups excluding tert-OH is 1. The fourth-order valence-electron chi connectivity index (χ4n) is 1.29. The first-order valence-corrected chi connectivity index (χ1v) is 7.57. The lowest BCUT2D eigenvalue weighted by Crippen LogP contribution is -2.38. The third kappa shape index (κ3) is 4.87. The van der Waals surface area contributed by atoms with Crippen molar-refractivity contribution >= 4 is 33.2 Å². The van der Waals surface area contributed by atoms with Gasteiger partial charge in [0.05, 0.1) is 11.6 Å². The molecular weight excluding hydrogens is 315 g/mol. The summed E-state index contributed by atoms with van der Waals surface area (Å²) in [4.78, 5) is 3.55. The number of ether oxygens (including phenoxy) is 1. The number of hydrogen-bond acceptors (Lipinski definition) is 5. The molecule has 0 saturated carbocycles. The highest BCUT2D eigenvalue weighted by atomic mass is 35.5. The summed E-state index contributed by atoms with van der Waals surface area (Å²) < 4.78 is 31.2. The molecular formula is C10H14Cl2N2O4S. The zero-order valence-electron chi connectivity index (χ0n) is 10.1. The van der Waals surface area contributed by atoms with Crippen LogP contribution < -0.4 is 4.72 Å². The molecule has 1 atom stereocenters. The van der Waals surface area contributed by atoms with Gasteiger partial charge in [-0.2, -0.15) is 0 Å². The number of pyridine rings is 1. The SMILES string of the molecule is COCCC(CO)NS(=O)(=O)c1cnc(Cl)c(Cl)c1. The fraction of sp³-hybridized carbons (Fsp3) is 0.500. The molecule has 0 aliphatic rings. The van der Waals surface area contributed by atoms with E-state index in [-0.39, 0.29) is 21.7 Å². The van der Waals surface area contributed by atoms with Crippen molar-refractivity contribution < 1.29 is 18.3 Å². The van der Waals surface area contributed by atoms with Crippen LogP contribution in [0.2, 0.25) is 10.2 Å². The van der Waals surface area contributed by atoms with Crippen LogP contribution in [0.5, 0.6) is 0 Å². The van der Waals surface area contributed by atoms with Crippen molar-refractivity contribution in [3.05, 3.63) is 22.4 Å². The van der Waals surface area contributed by atoms with E-state index in [9.17, 15) is 8.42 Å². The van der Waals surface area contributed by atoms with Crippen LogP contribution in [-0.2, 0) is 14.8 Å². The van der Waals surface area contributed by atoms with E-state index in [1.165, 1.54) is 13.2 Å². The Bertz CT molecular complexity index is 524. The third-order valence-corrected chi connectivity index (χ3v) is 4.47. The van der Waals surface area contributed by atoms with E-state index in [2.05, 4.69) is 9.71 Å². The lowest BCUT2D eigenvalue weighted by atomic mass is 10.2. The molecule has 6 nitrogen and oxygen atoms in total. The minimum atomic E-state index is -3.81. The Balaban J connectivity index is 2.87. The third-order valence-electron chi connectivity index (χ3n) is 2.29. The fourth-order valence-corrected chi connectivity index (χ4v) is 2.85. The second-order valence-corrected chi connectivity index (χ2v) is 6.21. The van der Waals surface area contributed by atoms with Gasteiger partial charge in [0.1, 0.15) is 10.0 Å². The smallest absolute Gasteiger partial charge is 0.242 e. The Hall–Kier alpha value is -0.440. The van der Waals surface area contributed by atoms with E-state index < -0.39 is 16.1 Å². The summed E-state index contributed by atoms with van der Waals surface area (Å²) >= 11 is 11.3. The predicted molar refractivity (Wildman–Crippen MR) is 71.9 cm³/mol. The summed E-state index contributed by atoms with van der Waals surface area (Å²) in [6.07, 6.45) is 1.45. The summed E-state index contributed by atoms with van der Waals surface area (Å²) in [6, 6.07) is 0.559. The number of rotatable bonds is 7. The highest BCUT2D eigenvalue weighted by Crippen LogP contribution is 2.22. The topological polar surface area (TPSA) is 88.5 Å². The van der Waals surface area contributed by atoms with Crippen molar-refractivity contribution in [3.63, 3.8) is 0 Å². The maximum atomic E-state index is 12.0. The van der Waals surface area contributed by atoms with Crippen LogP contribution in [0.25, 0.3) is 0 Å². The molecule has 2 N–H and O–H groups in total. The van der Waals surface area contributed by atoms with Gasteiger partial charge in [-0.3, -0.25) is 0 Å². The van der Waals surface area contributed by atoms with Crippen LogP contribution in [0, 0.1) is 0 Å². The van der Waals surface area contributed by atoms with Crippen LogP contribution in [0.1, 0.15) is 6.42 Å². The molecule has 1 aromatic heterocycles. The first-order valence-electron chi connectivity index (χ1n) is 5.34. The van der Waals surface area contributed by atoms with Crippen LogP contribution in [0.15, 0.2) is 17.2 Å². The minimum absolute atomic E-state index is 0.0266. The highest BCUT2D eigenvalue weighted by Gasteiger charge is 2.20. The van der Waals surface area contributed by atoms with Crippen molar-refractivity contribution in [2.45, 2.75) is 17.4 Å². The second kappa shape index (κ2) is 7.37. The second-order valence-electron chi connectivity index (χ2n) is 3.73.